The van der Waals surface area contributed by atoms with Crippen LogP contribution < -0.4 is 4.74 Å². The summed E-state index contributed by atoms with van der Waals surface area (Å²) in [7, 11) is 4.07. The third-order valence-electron chi connectivity index (χ3n) is 4.92. The summed E-state index contributed by atoms with van der Waals surface area (Å²) in [5, 5.41) is 0. The van der Waals surface area contributed by atoms with Gasteiger partial charge in [-0.15, -0.1) is 0 Å². The summed E-state index contributed by atoms with van der Waals surface area (Å²) in [4.78, 5) is 2.08. The summed E-state index contributed by atoms with van der Waals surface area (Å²) in [5.41, 5.74) is 0.576. The molecule has 3 atom stereocenters. The highest BCUT2D eigenvalue weighted by atomic mass is 16.5. The van der Waals surface area contributed by atoms with Crippen LogP contribution in [0.25, 0.3) is 0 Å². The quantitative estimate of drug-likeness (QED) is 0.739. The molecule has 0 N–H and O–H groups in total. The van der Waals surface area contributed by atoms with Crippen molar-refractivity contribution in [3.8, 4) is 17.6 Å². The Morgan fingerprint density at radius 3 is 2.70 bits per heavy atom. The van der Waals surface area contributed by atoms with E-state index in [9.17, 15) is 0 Å². The fraction of sp³-hybridized carbons (Fsp3) is 0.600. The molecule has 2 aliphatic rings. The maximum absolute atomic E-state index is 6.55. The Morgan fingerprint density at radius 2 is 1.96 bits per heavy atom. The summed E-state index contributed by atoms with van der Waals surface area (Å²) in [6.07, 6.45) is 2.07. The molecule has 124 valence electrons. The third-order valence-corrected chi connectivity index (χ3v) is 4.92. The van der Waals surface area contributed by atoms with Crippen LogP contribution in [0.4, 0.5) is 0 Å². The Hall–Kier alpha value is -1.50. The molecule has 0 radical (unpaired) electrons. The third kappa shape index (κ3) is 3.24. The molecule has 1 saturated heterocycles. The smallest absolute Gasteiger partial charge is 0.126 e. The van der Waals surface area contributed by atoms with Crippen molar-refractivity contribution in [2.45, 2.75) is 50.9 Å². The van der Waals surface area contributed by atoms with E-state index in [1.165, 1.54) is 0 Å². The fourth-order valence-electron chi connectivity index (χ4n) is 3.64. The zero-order valence-electron chi connectivity index (χ0n) is 14.8. The van der Waals surface area contributed by atoms with Gasteiger partial charge in [0.25, 0.3) is 0 Å². The second kappa shape index (κ2) is 5.85. The zero-order chi connectivity index (χ0) is 16.7. The highest BCUT2D eigenvalue weighted by molar-refractivity contribution is 5.39. The topological polar surface area (TPSA) is 21.7 Å². The van der Waals surface area contributed by atoms with E-state index >= 15 is 0 Å². The van der Waals surface area contributed by atoms with E-state index in [4.69, 9.17) is 9.47 Å². The lowest BCUT2D eigenvalue weighted by Gasteiger charge is -2.50. The first kappa shape index (κ1) is 16.4. The van der Waals surface area contributed by atoms with E-state index in [0.29, 0.717) is 5.92 Å². The van der Waals surface area contributed by atoms with E-state index in [1.807, 2.05) is 26.2 Å². The molecule has 0 amide bonds. The van der Waals surface area contributed by atoms with Gasteiger partial charge in [0.2, 0.25) is 0 Å². The minimum absolute atomic E-state index is 0.0577. The van der Waals surface area contributed by atoms with Gasteiger partial charge in [-0.05, 0) is 53.8 Å². The highest BCUT2D eigenvalue weighted by Gasteiger charge is 2.49. The van der Waals surface area contributed by atoms with Gasteiger partial charge >= 0.3 is 0 Å². The molecular formula is C20H27NO2. The fourth-order valence-corrected chi connectivity index (χ4v) is 3.64. The van der Waals surface area contributed by atoms with E-state index in [-0.39, 0.29) is 17.3 Å². The number of benzene rings is 1. The van der Waals surface area contributed by atoms with Crippen molar-refractivity contribution in [1.29, 1.82) is 0 Å². The molecule has 3 nitrogen and oxygen atoms in total. The Balaban J connectivity index is 1.90. The van der Waals surface area contributed by atoms with Gasteiger partial charge in [-0.3, -0.25) is 4.90 Å². The molecule has 2 heterocycles. The Morgan fingerprint density at radius 1 is 1.22 bits per heavy atom. The predicted octanol–water partition coefficient (Wildman–Crippen LogP) is 3.65. The first-order chi connectivity index (χ1) is 10.8. The lowest BCUT2D eigenvalue weighted by molar-refractivity contribution is -0.169. The van der Waals surface area contributed by atoms with E-state index < -0.39 is 0 Å². The molecule has 1 aromatic rings. The molecule has 1 fully saturated rings. The minimum atomic E-state index is -0.377. The summed E-state index contributed by atoms with van der Waals surface area (Å²) in [5.74, 6) is 7.93. The maximum Gasteiger partial charge on any atom is 0.126 e. The van der Waals surface area contributed by atoms with Crippen molar-refractivity contribution in [3.05, 3.63) is 29.8 Å². The number of hydrogen-bond donors (Lipinski definition) is 0. The van der Waals surface area contributed by atoms with E-state index in [1.54, 1.807) is 0 Å². The Bertz CT molecular complexity index is 641. The van der Waals surface area contributed by atoms with Gasteiger partial charge in [-0.1, -0.05) is 30.0 Å². The number of rotatable bonds is 1. The van der Waals surface area contributed by atoms with Crippen LogP contribution in [-0.2, 0) is 4.74 Å². The van der Waals surface area contributed by atoms with Gasteiger partial charge in [0, 0.05) is 11.5 Å². The number of nitrogens with zero attached hydrogens (tertiary/aromatic N) is 1. The Kier molecular flexibility index (Phi) is 4.16. The van der Waals surface area contributed by atoms with Crippen molar-refractivity contribution in [2.24, 2.45) is 5.92 Å². The Labute approximate surface area is 140 Å². The molecule has 2 aliphatic heterocycles. The molecule has 0 aromatic heterocycles. The standard InChI is InChI=1S/C20H27NO2/c1-19(2)16-11-13-20(3,12-8-14-21(4)5)23-18(16)15-9-6-7-10-17(15)22-19/h6-7,9-10,16,18H,11,13-14H2,1-5H3/t16-,18-,20-/m0/s1. The molecule has 0 aliphatic carbocycles. The molecule has 3 rings (SSSR count). The summed E-state index contributed by atoms with van der Waals surface area (Å²) in [6.45, 7) is 7.23. The molecule has 3 heteroatoms. The van der Waals surface area contributed by atoms with E-state index in [2.05, 4.69) is 49.6 Å². The SMILES string of the molecule is CN(C)CC#C[C@@]1(C)CC[C@H]2[C@@H](O1)c1ccccc1OC2(C)C. The number of fused-ring (bicyclic) bond motifs is 3. The second-order valence-corrected chi connectivity index (χ2v) is 7.70. The predicted molar refractivity (Wildman–Crippen MR) is 92.4 cm³/mol. The summed E-state index contributed by atoms with van der Waals surface area (Å²) < 4.78 is 12.8. The molecule has 1 aromatic carbocycles. The molecule has 23 heavy (non-hydrogen) atoms. The van der Waals surface area contributed by atoms with Crippen LogP contribution in [0.3, 0.4) is 0 Å². The van der Waals surface area contributed by atoms with Crippen LogP contribution in [-0.4, -0.2) is 36.7 Å². The molecule has 0 spiro atoms. The number of hydrogen-bond acceptors (Lipinski definition) is 3. The first-order valence-corrected chi connectivity index (χ1v) is 8.41. The van der Waals surface area contributed by atoms with Crippen LogP contribution in [0.15, 0.2) is 24.3 Å². The lowest BCUT2D eigenvalue weighted by Crippen LogP contribution is -2.50. The van der Waals surface area contributed by atoms with Crippen molar-refractivity contribution >= 4 is 0 Å². The molecule has 0 unspecified atom stereocenters. The summed E-state index contributed by atoms with van der Waals surface area (Å²) >= 11 is 0. The average Bonchev–Trinajstić information content (AvgIpc) is 2.46. The maximum atomic E-state index is 6.55. The van der Waals surface area contributed by atoms with Gasteiger partial charge in [-0.25, -0.2) is 0 Å². The van der Waals surface area contributed by atoms with Crippen molar-refractivity contribution in [1.82, 2.24) is 4.90 Å². The largest absolute Gasteiger partial charge is 0.487 e. The van der Waals surface area contributed by atoms with E-state index in [0.717, 1.165) is 30.7 Å². The molecule has 0 bridgehead atoms. The highest BCUT2D eigenvalue weighted by Crippen LogP contribution is 2.52. The van der Waals surface area contributed by atoms with Crippen LogP contribution in [0.1, 0.15) is 45.3 Å². The van der Waals surface area contributed by atoms with Gasteiger partial charge in [0.05, 0.1) is 12.6 Å². The first-order valence-electron chi connectivity index (χ1n) is 8.41. The second-order valence-electron chi connectivity index (χ2n) is 7.70. The van der Waals surface area contributed by atoms with Crippen LogP contribution in [0, 0.1) is 17.8 Å². The van der Waals surface area contributed by atoms with Gasteiger partial charge < -0.3 is 9.47 Å². The number of para-hydroxylation sites is 1. The van der Waals surface area contributed by atoms with Gasteiger partial charge in [-0.2, -0.15) is 0 Å². The van der Waals surface area contributed by atoms with Gasteiger partial charge in [0.1, 0.15) is 17.0 Å². The van der Waals surface area contributed by atoms with Gasteiger partial charge in [0.15, 0.2) is 0 Å². The molecular weight excluding hydrogens is 286 g/mol. The summed E-state index contributed by atoms with van der Waals surface area (Å²) in [6, 6.07) is 8.25. The van der Waals surface area contributed by atoms with Crippen molar-refractivity contribution in [3.63, 3.8) is 0 Å². The average molecular weight is 313 g/mol. The van der Waals surface area contributed by atoms with Crippen LogP contribution in [0.5, 0.6) is 5.75 Å². The number of ether oxygens (including phenoxy) is 2. The lowest BCUT2D eigenvalue weighted by atomic mass is 9.73. The zero-order valence-corrected chi connectivity index (χ0v) is 14.8. The molecule has 0 saturated carbocycles. The van der Waals surface area contributed by atoms with Crippen molar-refractivity contribution in [2.75, 3.05) is 20.6 Å². The van der Waals surface area contributed by atoms with Crippen LogP contribution in [0.2, 0.25) is 0 Å². The normalized spacial score (nSPS) is 31.4. The minimum Gasteiger partial charge on any atom is -0.487 e. The van der Waals surface area contributed by atoms with Crippen LogP contribution >= 0.6 is 0 Å². The monoisotopic (exact) mass is 313 g/mol. The van der Waals surface area contributed by atoms with Crippen molar-refractivity contribution < 1.29 is 9.47 Å².